The quantitative estimate of drug-likeness (QED) is 0.645. The van der Waals surface area contributed by atoms with E-state index in [-0.39, 0.29) is 24.2 Å². The molecular weight excluding hydrogens is 268 g/mol. The summed E-state index contributed by atoms with van der Waals surface area (Å²) < 4.78 is 11.2. The topological polar surface area (TPSA) is 73.6 Å². The minimum Gasteiger partial charge on any atom is -0.487 e. The molecule has 1 heterocycles. The average Bonchev–Trinajstić information content (AvgIpc) is 2.39. The molecule has 116 valence electrons. The molecule has 0 aliphatic carbocycles. The van der Waals surface area contributed by atoms with Gasteiger partial charge in [-0.3, -0.25) is 4.79 Å². The van der Waals surface area contributed by atoms with Crippen molar-refractivity contribution in [1.82, 2.24) is 5.32 Å². The van der Waals surface area contributed by atoms with Crippen LogP contribution < -0.4 is 15.8 Å². The van der Waals surface area contributed by atoms with Crippen LogP contribution in [0, 0.1) is 0 Å². The molecule has 2 rings (SSSR count). The molecule has 0 saturated heterocycles. The van der Waals surface area contributed by atoms with E-state index in [0.29, 0.717) is 18.7 Å². The van der Waals surface area contributed by atoms with Gasteiger partial charge in [0.15, 0.2) is 0 Å². The molecule has 0 saturated carbocycles. The lowest BCUT2D eigenvalue weighted by Gasteiger charge is -2.38. The SMILES string of the molecule is CCCOCC(=O)NC1CC(C)(C)Oc2ccc(N)cc21. The molecule has 0 bridgehead atoms. The first-order valence-electron chi connectivity index (χ1n) is 7.37. The van der Waals surface area contributed by atoms with E-state index in [4.69, 9.17) is 15.2 Å². The Morgan fingerprint density at radius 3 is 3.00 bits per heavy atom. The number of nitrogen functional groups attached to an aromatic ring is 1. The van der Waals surface area contributed by atoms with Crippen molar-refractivity contribution in [3.05, 3.63) is 23.8 Å². The van der Waals surface area contributed by atoms with E-state index in [9.17, 15) is 4.79 Å². The van der Waals surface area contributed by atoms with Gasteiger partial charge in [-0.1, -0.05) is 6.92 Å². The Bertz CT molecular complexity index is 514. The maximum absolute atomic E-state index is 12.0. The van der Waals surface area contributed by atoms with E-state index in [0.717, 1.165) is 17.7 Å². The van der Waals surface area contributed by atoms with Crippen LogP contribution in [0.15, 0.2) is 18.2 Å². The highest BCUT2D eigenvalue weighted by molar-refractivity contribution is 5.78. The standard InChI is InChI=1S/C16H24N2O3/c1-4-7-20-10-15(19)18-13-9-16(2,3)21-14-6-5-11(17)8-12(13)14/h5-6,8,13H,4,7,9-10,17H2,1-3H3,(H,18,19). The first-order chi connectivity index (χ1) is 9.91. The second-order valence-electron chi connectivity index (χ2n) is 6.04. The monoisotopic (exact) mass is 292 g/mol. The zero-order chi connectivity index (χ0) is 15.5. The summed E-state index contributed by atoms with van der Waals surface area (Å²) in [7, 11) is 0. The van der Waals surface area contributed by atoms with E-state index in [1.54, 1.807) is 0 Å². The van der Waals surface area contributed by atoms with Crippen LogP contribution in [0.3, 0.4) is 0 Å². The number of hydrogen-bond donors (Lipinski definition) is 2. The second-order valence-corrected chi connectivity index (χ2v) is 6.04. The minimum absolute atomic E-state index is 0.0866. The fourth-order valence-electron chi connectivity index (χ4n) is 2.55. The van der Waals surface area contributed by atoms with Crippen LogP contribution in [0.4, 0.5) is 5.69 Å². The number of fused-ring (bicyclic) bond motifs is 1. The van der Waals surface area contributed by atoms with Crippen LogP contribution in [0.5, 0.6) is 5.75 Å². The Hall–Kier alpha value is -1.75. The fourth-order valence-corrected chi connectivity index (χ4v) is 2.55. The van der Waals surface area contributed by atoms with Gasteiger partial charge in [-0.05, 0) is 38.5 Å². The van der Waals surface area contributed by atoms with Crippen LogP contribution in [-0.2, 0) is 9.53 Å². The van der Waals surface area contributed by atoms with Crippen molar-refractivity contribution in [2.75, 3.05) is 18.9 Å². The van der Waals surface area contributed by atoms with Crippen molar-refractivity contribution in [2.45, 2.75) is 45.3 Å². The number of carbonyl (C=O) groups excluding carboxylic acids is 1. The van der Waals surface area contributed by atoms with E-state index in [1.807, 2.05) is 39.0 Å². The Morgan fingerprint density at radius 1 is 1.52 bits per heavy atom. The summed E-state index contributed by atoms with van der Waals surface area (Å²) in [5, 5.41) is 3.02. The summed E-state index contributed by atoms with van der Waals surface area (Å²) in [6.45, 7) is 6.72. The number of amides is 1. The third-order valence-corrected chi connectivity index (χ3v) is 3.41. The highest BCUT2D eigenvalue weighted by Gasteiger charge is 2.34. The van der Waals surface area contributed by atoms with E-state index >= 15 is 0 Å². The molecule has 21 heavy (non-hydrogen) atoms. The summed E-state index contributed by atoms with van der Waals surface area (Å²) >= 11 is 0. The Kier molecular flexibility index (Phi) is 4.73. The summed E-state index contributed by atoms with van der Waals surface area (Å²) in [6, 6.07) is 5.43. The lowest BCUT2D eigenvalue weighted by Crippen LogP contribution is -2.42. The Morgan fingerprint density at radius 2 is 2.29 bits per heavy atom. The number of benzene rings is 1. The molecule has 5 heteroatoms. The fraction of sp³-hybridized carbons (Fsp3) is 0.562. The molecule has 1 unspecified atom stereocenters. The average molecular weight is 292 g/mol. The Labute approximate surface area is 125 Å². The number of rotatable bonds is 5. The van der Waals surface area contributed by atoms with Crippen LogP contribution in [-0.4, -0.2) is 24.7 Å². The van der Waals surface area contributed by atoms with Crippen molar-refractivity contribution >= 4 is 11.6 Å². The lowest BCUT2D eigenvalue weighted by atomic mass is 9.89. The molecular formula is C16H24N2O3. The number of ether oxygens (including phenoxy) is 2. The zero-order valence-corrected chi connectivity index (χ0v) is 12.9. The molecule has 5 nitrogen and oxygen atoms in total. The highest BCUT2D eigenvalue weighted by Crippen LogP contribution is 2.40. The van der Waals surface area contributed by atoms with Gasteiger partial charge in [0.1, 0.15) is 18.0 Å². The normalized spacial score (nSPS) is 19.5. The molecule has 1 aliphatic rings. The maximum atomic E-state index is 12.0. The van der Waals surface area contributed by atoms with Gasteiger partial charge in [0, 0.05) is 24.3 Å². The number of anilines is 1. The van der Waals surface area contributed by atoms with E-state index in [2.05, 4.69) is 5.32 Å². The number of nitrogens with two attached hydrogens (primary N) is 1. The van der Waals surface area contributed by atoms with Gasteiger partial charge in [0.25, 0.3) is 0 Å². The summed E-state index contributed by atoms with van der Waals surface area (Å²) in [4.78, 5) is 12.0. The molecule has 3 N–H and O–H groups in total. The van der Waals surface area contributed by atoms with Crippen LogP contribution in [0.2, 0.25) is 0 Å². The maximum Gasteiger partial charge on any atom is 0.246 e. The number of hydrogen-bond acceptors (Lipinski definition) is 4. The number of nitrogens with one attached hydrogen (secondary N) is 1. The van der Waals surface area contributed by atoms with Crippen molar-refractivity contribution in [3.8, 4) is 5.75 Å². The van der Waals surface area contributed by atoms with Crippen LogP contribution >= 0.6 is 0 Å². The first-order valence-corrected chi connectivity index (χ1v) is 7.37. The predicted octanol–water partition coefficient (Wildman–Crippen LogP) is 2.41. The van der Waals surface area contributed by atoms with Gasteiger partial charge in [0.2, 0.25) is 5.91 Å². The van der Waals surface area contributed by atoms with Gasteiger partial charge in [-0.15, -0.1) is 0 Å². The molecule has 1 amide bonds. The van der Waals surface area contributed by atoms with Crippen LogP contribution in [0.25, 0.3) is 0 Å². The van der Waals surface area contributed by atoms with Crippen LogP contribution in [0.1, 0.15) is 45.2 Å². The van der Waals surface area contributed by atoms with Crippen molar-refractivity contribution in [1.29, 1.82) is 0 Å². The molecule has 0 radical (unpaired) electrons. The van der Waals surface area contributed by atoms with Crippen molar-refractivity contribution in [3.63, 3.8) is 0 Å². The first kappa shape index (κ1) is 15.6. The molecule has 1 atom stereocenters. The summed E-state index contributed by atoms with van der Waals surface area (Å²) in [5.41, 5.74) is 7.11. The molecule has 1 aromatic carbocycles. The third kappa shape index (κ3) is 4.11. The zero-order valence-electron chi connectivity index (χ0n) is 12.9. The minimum atomic E-state index is -0.328. The van der Waals surface area contributed by atoms with E-state index in [1.165, 1.54) is 0 Å². The summed E-state index contributed by atoms with van der Waals surface area (Å²) in [5.74, 6) is 0.666. The van der Waals surface area contributed by atoms with Gasteiger partial charge >= 0.3 is 0 Å². The van der Waals surface area contributed by atoms with Gasteiger partial charge in [0.05, 0.1) is 6.04 Å². The summed E-state index contributed by atoms with van der Waals surface area (Å²) in [6.07, 6.45) is 1.60. The van der Waals surface area contributed by atoms with E-state index < -0.39 is 0 Å². The van der Waals surface area contributed by atoms with Gasteiger partial charge in [-0.25, -0.2) is 0 Å². The van der Waals surface area contributed by atoms with Gasteiger partial charge in [-0.2, -0.15) is 0 Å². The second kappa shape index (κ2) is 6.35. The molecule has 1 aliphatic heterocycles. The molecule has 1 aromatic rings. The largest absolute Gasteiger partial charge is 0.487 e. The molecule has 0 aromatic heterocycles. The lowest BCUT2D eigenvalue weighted by molar-refractivity contribution is -0.127. The molecule has 0 spiro atoms. The van der Waals surface area contributed by atoms with Gasteiger partial charge < -0.3 is 20.5 Å². The highest BCUT2D eigenvalue weighted by atomic mass is 16.5. The number of carbonyl (C=O) groups is 1. The smallest absolute Gasteiger partial charge is 0.246 e. The van der Waals surface area contributed by atoms with Crippen molar-refractivity contribution in [2.24, 2.45) is 0 Å². The van der Waals surface area contributed by atoms with Crippen molar-refractivity contribution < 1.29 is 14.3 Å². The molecule has 0 fully saturated rings. The third-order valence-electron chi connectivity index (χ3n) is 3.41. The Balaban J connectivity index is 2.11. The predicted molar refractivity (Wildman–Crippen MR) is 82.2 cm³/mol.